The summed E-state index contributed by atoms with van der Waals surface area (Å²) in [4.78, 5) is 67.0. The van der Waals surface area contributed by atoms with Crippen LogP contribution < -0.4 is 21.3 Å². The summed E-state index contributed by atoms with van der Waals surface area (Å²) >= 11 is 0. The topological polar surface area (TPSA) is 137 Å². The summed E-state index contributed by atoms with van der Waals surface area (Å²) in [6, 6.07) is 17.1. The zero-order chi connectivity index (χ0) is 33.3. The van der Waals surface area contributed by atoms with Gasteiger partial charge in [-0.3, -0.25) is 24.0 Å². The van der Waals surface area contributed by atoms with Crippen molar-refractivity contribution >= 4 is 29.4 Å². The van der Waals surface area contributed by atoms with E-state index >= 15 is 0 Å². The Morgan fingerprint density at radius 2 is 1.48 bits per heavy atom. The van der Waals surface area contributed by atoms with Gasteiger partial charge in [-0.1, -0.05) is 93.8 Å². The normalized spacial score (nSPS) is 14.6. The van der Waals surface area contributed by atoms with Crippen molar-refractivity contribution in [2.24, 2.45) is 5.92 Å². The minimum Gasteiger partial charge on any atom is -0.352 e. The van der Waals surface area contributed by atoms with Crippen LogP contribution in [0.2, 0.25) is 0 Å². The van der Waals surface area contributed by atoms with E-state index < -0.39 is 29.7 Å². The van der Waals surface area contributed by atoms with Gasteiger partial charge in [-0.15, -0.1) is 0 Å². The Balaban J connectivity index is 1.64. The average molecular weight is 634 g/mol. The van der Waals surface area contributed by atoms with Crippen molar-refractivity contribution in [3.8, 4) is 0 Å². The smallest absolute Gasteiger partial charge is 0.289 e. The maximum atomic E-state index is 13.8. The van der Waals surface area contributed by atoms with E-state index in [1.54, 1.807) is 4.90 Å². The second kappa shape index (κ2) is 19.5. The SMILES string of the molecule is CC(C)CCN(C(=O)CNCCC(=O)NCc1ccccc1)C(Cc1ccccc1)C(=O)NC(C)C(=O)C(=O)NC1CCCCC1. The molecule has 4 amide bonds. The monoisotopic (exact) mass is 633 g/mol. The van der Waals surface area contributed by atoms with Crippen molar-refractivity contribution in [3.63, 3.8) is 0 Å². The zero-order valence-corrected chi connectivity index (χ0v) is 27.6. The zero-order valence-electron chi connectivity index (χ0n) is 27.6. The van der Waals surface area contributed by atoms with Crippen LogP contribution >= 0.6 is 0 Å². The lowest BCUT2D eigenvalue weighted by molar-refractivity contribution is -0.143. The summed E-state index contributed by atoms with van der Waals surface area (Å²) in [5.41, 5.74) is 1.87. The van der Waals surface area contributed by atoms with Crippen LogP contribution in [0.3, 0.4) is 0 Å². The molecule has 0 spiro atoms. The van der Waals surface area contributed by atoms with Crippen LogP contribution in [0.25, 0.3) is 0 Å². The first-order valence-corrected chi connectivity index (χ1v) is 16.6. The Labute approximate surface area is 273 Å². The molecule has 10 nitrogen and oxygen atoms in total. The third-order valence-electron chi connectivity index (χ3n) is 8.27. The van der Waals surface area contributed by atoms with Gasteiger partial charge in [0.1, 0.15) is 6.04 Å². The van der Waals surface area contributed by atoms with E-state index in [9.17, 15) is 24.0 Å². The summed E-state index contributed by atoms with van der Waals surface area (Å²) in [6.45, 7) is 6.61. The molecule has 0 aromatic heterocycles. The molecule has 0 aliphatic heterocycles. The fourth-order valence-electron chi connectivity index (χ4n) is 5.49. The third kappa shape index (κ3) is 12.7. The number of nitrogens with one attached hydrogen (secondary N) is 4. The van der Waals surface area contributed by atoms with E-state index in [0.29, 0.717) is 26.1 Å². The van der Waals surface area contributed by atoms with E-state index in [0.717, 1.165) is 43.2 Å². The van der Waals surface area contributed by atoms with Crippen LogP contribution in [-0.4, -0.2) is 72.1 Å². The molecule has 4 N–H and O–H groups in total. The predicted molar refractivity (Wildman–Crippen MR) is 179 cm³/mol. The van der Waals surface area contributed by atoms with Crippen molar-refractivity contribution < 1.29 is 24.0 Å². The number of hydrogen-bond acceptors (Lipinski definition) is 6. The Kier molecular flexibility index (Phi) is 15.4. The number of Topliss-reactive ketones (excluding diaryl/α,β-unsaturated/α-hetero) is 1. The lowest BCUT2D eigenvalue weighted by Gasteiger charge is -2.32. The molecule has 1 aliphatic rings. The van der Waals surface area contributed by atoms with Crippen molar-refractivity contribution in [1.29, 1.82) is 0 Å². The number of amides is 4. The van der Waals surface area contributed by atoms with Gasteiger partial charge in [-0.25, -0.2) is 0 Å². The van der Waals surface area contributed by atoms with Crippen molar-refractivity contribution in [2.45, 2.75) is 96.8 Å². The van der Waals surface area contributed by atoms with Gasteiger partial charge in [-0.2, -0.15) is 0 Å². The first kappa shape index (κ1) is 36.4. The number of benzene rings is 2. The molecule has 2 aromatic rings. The highest BCUT2D eigenvalue weighted by atomic mass is 16.2. The lowest BCUT2D eigenvalue weighted by atomic mass is 9.95. The fourth-order valence-corrected chi connectivity index (χ4v) is 5.49. The minimum atomic E-state index is -1.05. The molecule has 1 saturated carbocycles. The summed E-state index contributed by atoms with van der Waals surface area (Å²) < 4.78 is 0. The van der Waals surface area contributed by atoms with E-state index in [2.05, 4.69) is 21.3 Å². The van der Waals surface area contributed by atoms with Gasteiger partial charge >= 0.3 is 0 Å². The Morgan fingerprint density at radius 3 is 2.11 bits per heavy atom. The lowest BCUT2D eigenvalue weighted by Crippen LogP contribution is -2.56. The largest absolute Gasteiger partial charge is 0.352 e. The third-order valence-corrected chi connectivity index (χ3v) is 8.27. The quantitative estimate of drug-likeness (QED) is 0.147. The summed E-state index contributed by atoms with van der Waals surface area (Å²) in [5, 5.41) is 11.5. The molecule has 0 radical (unpaired) electrons. The van der Waals surface area contributed by atoms with Crippen molar-refractivity contribution in [1.82, 2.24) is 26.2 Å². The van der Waals surface area contributed by atoms with E-state index in [4.69, 9.17) is 0 Å². The van der Waals surface area contributed by atoms with Crippen molar-refractivity contribution in [2.75, 3.05) is 19.6 Å². The molecule has 0 saturated heterocycles. The maximum Gasteiger partial charge on any atom is 0.289 e. The van der Waals surface area contributed by atoms with Gasteiger partial charge in [-0.05, 0) is 43.2 Å². The fraction of sp³-hybridized carbons (Fsp3) is 0.528. The first-order valence-electron chi connectivity index (χ1n) is 16.6. The molecular weight excluding hydrogens is 582 g/mol. The molecule has 0 bridgehead atoms. The van der Waals surface area contributed by atoms with Gasteiger partial charge in [0.15, 0.2) is 0 Å². The molecule has 1 aliphatic carbocycles. The van der Waals surface area contributed by atoms with Crippen LogP contribution in [-0.2, 0) is 36.9 Å². The number of ketones is 1. The second-order valence-electron chi connectivity index (χ2n) is 12.6. The highest BCUT2D eigenvalue weighted by molar-refractivity contribution is 6.38. The van der Waals surface area contributed by atoms with Gasteiger partial charge in [0, 0.05) is 38.5 Å². The number of carbonyl (C=O) groups is 5. The van der Waals surface area contributed by atoms with Crippen LogP contribution in [0.15, 0.2) is 60.7 Å². The highest BCUT2D eigenvalue weighted by Gasteiger charge is 2.33. The highest BCUT2D eigenvalue weighted by Crippen LogP contribution is 2.17. The number of carbonyl (C=O) groups excluding carboxylic acids is 5. The number of nitrogens with zero attached hydrogens (tertiary/aromatic N) is 1. The van der Waals surface area contributed by atoms with Crippen LogP contribution in [0.4, 0.5) is 0 Å². The summed E-state index contributed by atoms with van der Waals surface area (Å²) in [6.07, 6.45) is 5.96. The van der Waals surface area contributed by atoms with E-state index in [1.807, 2.05) is 74.5 Å². The predicted octanol–water partition coefficient (Wildman–Crippen LogP) is 3.29. The molecule has 2 aromatic carbocycles. The number of rotatable bonds is 18. The Hall–Kier alpha value is -4.05. The standard InChI is InChI=1S/C36H51N5O5/c1-26(2)20-22-41(33(43)25-37-21-19-32(42)38-24-29-15-9-5-10-16-29)31(23-28-13-7-4-8-14-28)35(45)39-27(3)34(44)36(46)40-30-17-11-6-12-18-30/h4-5,7-10,13-16,26-27,30-31,37H,6,11-12,17-25H2,1-3H3,(H,38,42)(H,39,45)(H,40,46). The van der Waals surface area contributed by atoms with E-state index in [-0.39, 0.29) is 43.2 Å². The molecule has 2 atom stereocenters. The molecule has 3 rings (SSSR count). The van der Waals surface area contributed by atoms with Crippen molar-refractivity contribution in [3.05, 3.63) is 71.8 Å². The number of hydrogen-bond donors (Lipinski definition) is 4. The maximum absolute atomic E-state index is 13.8. The Morgan fingerprint density at radius 1 is 0.848 bits per heavy atom. The molecule has 2 unspecified atom stereocenters. The molecular formula is C36H51N5O5. The van der Waals surface area contributed by atoms with Gasteiger partial charge in [0.05, 0.1) is 12.6 Å². The summed E-state index contributed by atoms with van der Waals surface area (Å²) in [7, 11) is 0. The summed E-state index contributed by atoms with van der Waals surface area (Å²) in [5.74, 6) is -2.02. The van der Waals surface area contributed by atoms with E-state index in [1.165, 1.54) is 6.92 Å². The first-order chi connectivity index (χ1) is 22.1. The van der Waals surface area contributed by atoms with Crippen LogP contribution in [0.5, 0.6) is 0 Å². The molecule has 1 fully saturated rings. The molecule has 46 heavy (non-hydrogen) atoms. The molecule has 10 heteroatoms. The minimum absolute atomic E-state index is 0.0227. The van der Waals surface area contributed by atoms with Crippen LogP contribution in [0.1, 0.15) is 76.8 Å². The molecule has 250 valence electrons. The van der Waals surface area contributed by atoms with Gasteiger partial charge in [0.2, 0.25) is 23.5 Å². The average Bonchev–Trinajstić information content (AvgIpc) is 3.06. The second-order valence-corrected chi connectivity index (χ2v) is 12.6. The molecule has 0 heterocycles. The Bertz CT molecular complexity index is 1260. The van der Waals surface area contributed by atoms with Crippen LogP contribution in [0, 0.1) is 5.92 Å². The van der Waals surface area contributed by atoms with Gasteiger partial charge in [0.25, 0.3) is 5.91 Å². The van der Waals surface area contributed by atoms with Gasteiger partial charge < -0.3 is 26.2 Å².